The fraction of sp³-hybridized carbons (Fsp3) is 0.182. The maximum atomic E-state index is 11.3. The van der Waals surface area contributed by atoms with Crippen LogP contribution >= 0.6 is 0 Å². The predicted octanol–water partition coefficient (Wildman–Crippen LogP) is 2.01. The predicted molar refractivity (Wildman–Crippen MR) is 57.0 cm³/mol. The van der Waals surface area contributed by atoms with Gasteiger partial charge in [-0.3, -0.25) is 0 Å². The maximum Gasteiger partial charge on any atom is 0.338 e. The Hall–Kier alpha value is -1.77. The number of carbonyl (C=O) groups excluding carboxylic acids is 1. The largest absolute Gasteiger partial charge is 0.465 e. The van der Waals surface area contributed by atoms with Crippen LogP contribution in [0.4, 0.5) is 5.69 Å². The van der Waals surface area contributed by atoms with Gasteiger partial charge in [-0.1, -0.05) is 12.7 Å². The molecule has 0 aliphatic carbocycles. The van der Waals surface area contributed by atoms with Crippen LogP contribution in [-0.2, 0) is 4.74 Å². The number of carbonyl (C=O) groups is 1. The number of nitrogen functional groups attached to an aromatic ring is 1. The number of hydrogen-bond acceptors (Lipinski definition) is 3. The van der Waals surface area contributed by atoms with E-state index in [1.165, 1.54) is 7.11 Å². The van der Waals surface area contributed by atoms with Gasteiger partial charge in [0.25, 0.3) is 0 Å². The summed E-state index contributed by atoms with van der Waals surface area (Å²) in [5, 5.41) is 0. The smallest absolute Gasteiger partial charge is 0.338 e. The summed E-state index contributed by atoms with van der Waals surface area (Å²) in [7, 11) is 1.35. The Bertz CT molecular complexity index is 383. The summed E-state index contributed by atoms with van der Waals surface area (Å²) in [6.07, 6.45) is 1.64. The summed E-state index contributed by atoms with van der Waals surface area (Å²) in [6.45, 7) is 5.41. The molecule has 0 amide bonds. The van der Waals surface area contributed by atoms with Gasteiger partial charge in [0.15, 0.2) is 0 Å². The van der Waals surface area contributed by atoms with Crippen molar-refractivity contribution in [3.63, 3.8) is 0 Å². The molecule has 0 radical (unpaired) electrons. The number of methoxy groups -OCH3 is 1. The number of hydrogen-bond donors (Lipinski definition) is 1. The van der Waals surface area contributed by atoms with E-state index in [-0.39, 0.29) is 5.97 Å². The van der Waals surface area contributed by atoms with E-state index < -0.39 is 0 Å². The number of esters is 1. The summed E-state index contributed by atoms with van der Waals surface area (Å²) in [6, 6.07) is 3.49. The van der Waals surface area contributed by atoms with Gasteiger partial charge in [-0.05, 0) is 30.2 Å². The van der Waals surface area contributed by atoms with E-state index in [1.54, 1.807) is 25.1 Å². The third-order valence-electron chi connectivity index (χ3n) is 2.11. The highest BCUT2D eigenvalue weighted by Gasteiger charge is 2.11. The molecule has 0 saturated carbocycles. The fourth-order valence-electron chi connectivity index (χ4n) is 1.20. The van der Waals surface area contributed by atoms with Crippen LogP contribution in [0, 0.1) is 6.92 Å². The lowest BCUT2D eigenvalue weighted by molar-refractivity contribution is 0.0600. The molecule has 3 nitrogen and oxygen atoms in total. The average Bonchev–Trinajstić information content (AvgIpc) is 2.20. The van der Waals surface area contributed by atoms with E-state index in [0.29, 0.717) is 11.3 Å². The van der Waals surface area contributed by atoms with Gasteiger partial charge in [0.2, 0.25) is 0 Å². The molecule has 1 rings (SSSR count). The number of benzene rings is 1. The normalized spacial score (nSPS) is 9.57. The lowest BCUT2D eigenvalue weighted by atomic mass is 10.0. The molecule has 74 valence electrons. The molecule has 0 aliphatic rings. The summed E-state index contributed by atoms with van der Waals surface area (Å²) >= 11 is 0. The molecule has 0 fully saturated rings. The summed E-state index contributed by atoms with van der Waals surface area (Å²) in [5.74, 6) is -0.377. The maximum absolute atomic E-state index is 11.3. The van der Waals surface area contributed by atoms with Crippen LogP contribution < -0.4 is 5.73 Å². The molecule has 2 N–H and O–H groups in total. The Labute approximate surface area is 83.2 Å². The Morgan fingerprint density at radius 1 is 1.57 bits per heavy atom. The highest BCUT2D eigenvalue weighted by Crippen LogP contribution is 2.20. The summed E-state index contributed by atoms with van der Waals surface area (Å²) in [4.78, 5) is 11.3. The molecule has 0 spiro atoms. The van der Waals surface area contributed by atoms with Crippen molar-refractivity contribution in [2.75, 3.05) is 12.8 Å². The zero-order valence-corrected chi connectivity index (χ0v) is 8.33. The second-order valence-corrected chi connectivity index (χ2v) is 2.98. The van der Waals surface area contributed by atoms with E-state index in [0.717, 1.165) is 11.1 Å². The molecule has 1 aromatic rings. The van der Waals surface area contributed by atoms with Crippen molar-refractivity contribution in [1.29, 1.82) is 0 Å². The minimum absolute atomic E-state index is 0.377. The molecule has 0 saturated heterocycles. The molecule has 14 heavy (non-hydrogen) atoms. The Morgan fingerprint density at radius 3 is 2.71 bits per heavy atom. The molecule has 0 aliphatic heterocycles. The van der Waals surface area contributed by atoms with Gasteiger partial charge in [-0.25, -0.2) is 4.79 Å². The standard InChI is InChI=1S/C11H13NO2/c1-4-8-5-9(11(13)14-3)7(2)10(12)6-8/h4-6H,1,12H2,2-3H3. The lowest BCUT2D eigenvalue weighted by Gasteiger charge is -2.08. The number of nitrogens with two attached hydrogens (primary N) is 1. The summed E-state index contributed by atoms with van der Waals surface area (Å²) in [5.41, 5.74) is 8.35. The van der Waals surface area contributed by atoms with Crippen LogP contribution in [0.1, 0.15) is 21.5 Å². The SMILES string of the molecule is C=Cc1cc(N)c(C)c(C(=O)OC)c1. The minimum atomic E-state index is -0.377. The zero-order chi connectivity index (χ0) is 10.7. The zero-order valence-electron chi connectivity index (χ0n) is 8.33. The van der Waals surface area contributed by atoms with Crippen molar-refractivity contribution >= 4 is 17.7 Å². The Kier molecular flexibility index (Phi) is 2.92. The summed E-state index contributed by atoms with van der Waals surface area (Å²) < 4.78 is 4.64. The molecule has 3 heteroatoms. The van der Waals surface area contributed by atoms with Crippen molar-refractivity contribution in [2.24, 2.45) is 0 Å². The van der Waals surface area contributed by atoms with Crippen LogP contribution in [0.2, 0.25) is 0 Å². The van der Waals surface area contributed by atoms with Crippen molar-refractivity contribution in [1.82, 2.24) is 0 Å². The van der Waals surface area contributed by atoms with Gasteiger partial charge in [0, 0.05) is 5.69 Å². The average molecular weight is 191 g/mol. The van der Waals surface area contributed by atoms with E-state index in [2.05, 4.69) is 11.3 Å². The van der Waals surface area contributed by atoms with Gasteiger partial charge < -0.3 is 10.5 Å². The number of ether oxygens (including phenoxy) is 1. The third-order valence-corrected chi connectivity index (χ3v) is 2.11. The highest BCUT2D eigenvalue weighted by atomic mass is 16.5. The topological polar surface area (TPSA) is 52.3 Å². The van der Waals surface area contributed by atoms with E-state index in [9.17, 15) is 4.79 Å². The Balaban J connectivity index is 3.33. The molecule has 0 atom stereocenters. The van der Waals surface area contributed by atoms with E-state index in [1.807, 2.05) is 0 Å². The van der Waals surface area contributed by atoms with Crippen LogP contribution in [-0.4, -0.2) is 13.1 Å². The second-order valence-electron chi connectivity index (χ2n) is 2.98. The molecule has 0 aromatic heterocycles. The molecule has 0 unspecified atom stereocenters. The van der Waals surface area contributed by atoms with Gasteiger partial charge >= 0.3 is 5.97 Å². The van der Waals surface area contributed by atoms with Gasteiger partial charge in [-0.2, -0.15) is 0 Å². The van der Waals surface area contributed by atoms with Crippen molar-refractivity contribution in [2.45, 2.75) is 6.92 Å². The first kappa shape index (κ1) is 10.3. The molecular formula is C11H13NO2. The van der Waals surface area contributed by atoms with Crippen molar-refractivity contribution < 1.29 is 9.53 Å². The van der Waals surface area contributed by atoms with E-state index in [4.69, 9.17) is 5.73 Å². The molecule has 1 aromatic carbocycles. The van der Waals surface area contributed by atoms with Crippen LogP contribution in [0.5, 0.6) is 0 Å². The number of rotatable bonds is 2. The quantitative estimate of drug-likeness (QED) is 0.574. The van der Waals surface area contributed by atoms with Crippen LogP contribution in [0.25, 0.3) is 6.08 Å². The van der Waals surface area contributed by atoms with Crippen LogP contribution in [0.3, 0.4) is 0 Å². The van der Waals surface area contributed by atoms with Gasteiger partial charge in [-0.15, -0.1) is 0 Å². The minimum Gasteiger partial charge on any atom is -0.465 e. The number of anilines is 1. The molecular weight excluding hydrogens is 178 g/mol. The lowest BCUT2D eigenvalue weighted by Crippen LogP contribution is -2.06. The van der Waals surface area contributed by atoms with Crippen molar-refractivity contribution in [3.8, 4) is 0 Å². The van der Waals surface area contributed by atoms with Crippen LogP contribution in [0.15, 0.2) is 18.7 Å². The first-order chi connectivity index (χ1) is 6.60. The Morgan fingerprint density at radius 2 is 2.21 bits per heavy atom. The van der Waals surface area contributed by atoms with Crippen molar-refractivity contribution in [3.05, 3.63) is 35.4 Å². The van der Waals surface area contributed by atoms with Gasteiger partial charge in [0.05, 0.1) is 12.7 Å². The van der Waals surface area contributed by atoms with Gasteiger partial charge in [0.1, 0.15) is 0 Å². The second kappa shape index (κ2) is 3.96. The monoisotopic (exact) mass is 191 g/mol. The molecule has 0 heterocycles. The third kappa shape index (κ3) is 1.76. The highest BCUT2D eigenvalue weighted by molar-refractivity contribution is 5.93. The first-order valence-corrected chi connectivity index (χ1v) is 4.21. The fourth-order valence-corrected chi connectivity index (χ4v) is 1.20. The first-order valence-electron chi connectivity index (χ1n) is 4.21. The van der Waals surface area contributed by atoms with E-state index >= 15 is 0 Å². The molecule has 0 bridgehead atoms.